The number of H-pyrrole nitrogens is 1. The van der Waals surface area contributed by atoms with Crippen molar-refractivity contribution in [3.63, 3.8) is 0 Å². The molecule has 1 aromatic rings. The Morgan fingerprint density at radius 3 is 2.73 bits per heavy atom. The number of hydrogen-bond acceptors (Lipinski definition) is 5. The highest BCUT2D eigenvalue weighted by Gasteiger charge is 2.08. The van der Waals surface area contributed by atoms with E-state index in [1.165, 1.54) is 0 Å². The fraction of sp³-hybridized carbons (Fsp3) is 0.778. The highest BCUT2D eigenvalue weighted by Crippen LogP contribution is 2.03. The van der Waals surface area contributed by atoms with Gasteiger partial charge in [0.1, 0.15) is 5.82 Å². The van der Waals surface area contributed by atoms with Crippen LogP contribution in [0.4, 0.5) is 0 Å². The van der Waals surface area contributed by atoms with E-state index in [0.717, 1.165) is 24.7 Å². The third kappa shape index (κ3) is 4.37. The molecule has 86 valence electrons. The van der Waals surface area contributed by atoms with Gasteiger partial charge in [0.05, 0.1) is 6.04 Å². The molecular weight excluding hydrogens is 192 g/mol. The lowest BCUT2D eigenvalue weighted by atomic mass is 10.3. The molecule has 0 saturated carbocycles. The van der Waals surface area contributed by atoms with Crippen molar-refractivity contribution in [2.45, 2.75) is 19.9 Å². The van der Waals surface area contributed by atoms with Crippen LogP contribution < -0.4 is 10.9 Å². The summed E-state index contributed by atoms with van der Waals surface area (Å²) in [5.74, 6) is 1.62. The summed E-state index contributed by atoms with van der Waals surface area (Å²) >= 11 is 0. The third-order valence-corrected chi connectivity index (χ3v) is 2.00. The Morgan fingerprint density at radius 2 is 2.20 bits per heavy atom. The van der Waals surface area contributed by atoms with Crippen LogP contribution in [-0.4, -0.2) is 47.3 Å². The second kappa shape index (κ2) is 5.79. The predicted molar refractivity (Wildman–Crippen MR) is 59.2 cm³/mol. The summed E-state index contributed by atoms with van der Waals surface area (Å²) in [6, 6.07) is 0.108. The standard InChI is InChI=1S/C9H20N6/c1-7(9-11-8(2)13-14-9)12-10-5-6-15(3)4/h7,10,12H,5-6H2,1-4H3,(H,11,13,14). The van der Waals surface area contributed by atoms with Crippen molar-refractivity contribution < 1.29 is 0 Å². The second-order valence-electron chi connectivity index (χ2n) is 3.88. The molecule has 1 aromatic heterocycles. The minimum absolute atomic E-state index is 0.108. The average molecular weight is 212 g/mol. The summed E-state index contributed by atoms with van der Waals surface area (Å²) < 4.78 is 0. The van der Waals surface area contributed by atoms with Crippen LogP contribution in [0.1, 0.15) is 24.6 Å². The number of aromatic nitrogens is 3. The molecule has 3 N–H and O–H groups in total. The van der Waals surface area contributed by atoms with Crippen molar-refractivity contribution in [3.8, 4) is 0 Å². The Labute approximate surface area is 90.4 Å². The van der Waals surface area contributed by atoms with Crippen LogP contribution in [0.25, 0.3) is 0 Å². The molecule has 0 spiro atoms. The first-order chi connectivity index (χ1) is 7.09. The first kappa shape index (κ1) is 12.1. The number of aromatic amines is 1. The second-order valence-corrected chi connectivity index (χ2v) is 3.88. The van der Waals surface area contributed by atoms with Gasteiger partial charge in [-0.1, -0.05) is 0 Å². The SMILES string of the molecule is Cc1nc(C(C)NNCCN(C)C)n[nH]1. The maximum atomic E-state index is 4.24. The number of aryl methyl sites for hydroxylation is 1. The Kier molecular flexibility index (Phi) is 4.67. The van der Waals surface area contributed by atoms with E-state index in [4.69, 9.17) is 0 Å². The van der Waals surface area contributed by atoms with E-state index in [-0.39, 0.29) is 6.04 Å². The topological polar surface area (TPSA) is 68.9 Å². The van der Waals surface area contributed by atoms with Gasteiger partial charge >= 0.3 is 0 Å². The fourth-order valence-electron chi connectivity index (χ4n) is 1.12. The molecule has 0 bridgehead atoms. The molecule has 15 heavy (non-hydrogen) atoms. The number of likely N-dealkylation sites (N-methyl/N-ethyl adjacent to an activating group) is 1. The van der Waals surface area contributed by atoms with Gasteiger partial charge in [-0.05, 0) is 27.9 Å². The van der Waals surface area contributed by atoms with E-state index >= 15 is 0 Å². The zero-order chi connectivity index (χ0) is 11.3. The van der Waals surface area contributed by atoms with Crippen LogP contribution in [0, 0.1) is 6.92 Å². The molecule has 1 atom stereocenters. The number of nitrogens with zero attached hydrogens (tertiary/aromatic N) is 3. The molecule has 0 fully saturated rings. The smallest absolute Gasteiger partial charge is 0.168 e. The maximum absolute atomic E-state index is 4.24. The first-order valence-electron chi connectivity index (χ1n) is 5.11. The molecule has 6 nitrogen and oxygen atoms in total. The van der Waals surface area contributed by atoms with Crippen LogP contribution in [0.3, 0.4) is 0 Å². The monoisotopic (exact) mass is 212 g/mol. The van der Waals surface area contributed by atoms with E-state index in [0.29, 0.717) is 0 Å². The summed E-state index contributed by atoms with van der Waals surface area (Å²) in [6.07, 6.45) is 0. The third-order valence-electron chi connectivity index (χ3n) is 2.00. The quantitative estimate of drug-likeness (QED) is 0.451. The number of hydrogen-bond donors (Lipinski definition) is 3. The van der Waals surface area contributed by atoms with Crippen LogP contribution in [-0.2, 0) is 0 Å². The van der Waals surface area contributed by atoms with Gasteiger partial charge in [0.2, 0.25) is 0 Å². The normalized spacial score (nSPS) is 13.4. The summed E-state index contributed by atoms with van der Waals surface area (Å²) in [5.41, 5.74) is 6.28. The van der Waals surface area contributed by atoms with Gasteiger partial charge in [0.15, 0.2) is 5.82 Å². The van der Waals surface area contributed by atoms with Gasteiger partial charge in [-0.25, -0.2) is 10.4 Å². The summed E-state index contributed by atoms with van der Waals surface area (Å²) in [7, 11) is 4.09. The Bertz CT molecular complexity index is 282. The molecule has 6 heteroatoms. The van der Waals surface area contributed by atoms with Crippen LogP contribution in [0.2, 0.25) is 0 Å². The van der Waals surface area contributed by atoms with E-state index in [2.05, 4.69) is 30.9 Å². The van der Waals surface area contributed by atoms with E-state index in [1.807, 2.05) is 27.9 Å². The number of hydrazine groups is 1. The molecule has 0 radical (unpaired) electrons. The van der Waals surface area contributed by atoms with Gasteiger partial charge in [0, 0.05) is 13.1 Å². The van der Waals surface area contributed by atoms with Gasteiger partial charge in [-0.3, -0.25) is 10.5 Å². The number of nitrogens with one attached hydrogen (secondary N) is 3. The highest BCUT2D eigenvalue weighted by molar-refractivity contribution is 4.92. The van der Waals surface area contributed by atoms with Crippen molar-refractivity contribution in [2.75, 3.05) is 27.2 Å². The lowest BCUT2D eigenvalue weighted by Gasteiger charge is -2.14. The van der Waals surface area contributed by atoms with Crippen molar-refractivity contribution in [1.29, 1.82) is 0 Å². The molecular formula is C9H20N6. The van der Waals surface area contributed by atoms with Crippen LogP contribution in [0.5, 0.6) is 0 Å². The molecule has 1 heterocycles. The van der Waals surface area contributed by atoms with Gasteiger partial charge in [-0.2, -0.15) is 5.10 Å². The largest absolute Gasteiger partial charge is 0.308 e. The Hall–Kier alpha value is -0.980. The van der Waals surface area contributed by atoms with Gasteiger partial charge in [0.25, 0.3) is 0 Å². The predicted octanol–water partition coefficient (Wildman–Crippen LogP) is -0.170. The fourth-order valence-corrected chi connectivity index (χ4v) is 1.12. The molecule has 0 aliphatic rings. The molecule has 1 rings (SSSR count). The minimum atomic E-state index is 0.108. The molecule has 1 unspecified atom stereocenters. The molecule has 0 amide bonds. The van der Waals surface area contributed by atoms with Crippen molar-refractivity contribution >= 4 is 0 Å². The zero-order valence-electron chi connectivity index (χ0n) is 9.83. The number of rotatable bonds is 6. The lowest BCUT2D eigenvalue weighted by molar-refractivity contribution is 0.365. The van der Waals surface area contributed by atoms with Crippen molar-refractivity contribution in [1.82, 2.24) is 30.9 Å². The van der Waals surface area contributed by atoms with E-state index < -0.39 is 0 Å². The summed E-state index contributed by atoms with van der Waals surface area (Å²) in [6.45, 7) is 5.79. The van der Waals surface area contributed by atoms with E-state index in [9.17, 15) is 0 Å². The van der Waals surface area contributed by atoms with Crippen molar-refractivity contribution in [3.05, 3.63) is 11.6 Å². The minimum Gasteiger partial charge on any atom is -0.308 e. The summed E-state index contributed by atoms with van der Waals surface area (Å²) in [5, 5.41) is 6.90. The maximum Gasteiger partial charge on any atom is 0.168 e. The molecule has 0 aromatic carbocycles. The zero-order valence-corrected chi connectivity index (χ0v) is 9.83. The first-order valence-corrected chi connectivity index (χ1v) is 5.11. The van der Waals surface area contributed by atoms with Crippen LogP contribution >= 0.6 is 0 Å². The molecule has 0 aliphatic heterocycles. The lowest BCUT2D eigenvalue weighted by Crippen LogP contribution is -2.38. The van der Waals surface area contributed by atoms with E-state index in [1.54, 1.807) is 0 Å². The average Bonchev–Trinajstić information content (AvgIpc) is 2.59. The summed E-state index contributed by atoms with van der Waals surface area (Å²) in [4.78, 5) is 6.37. The highest BCUT2D eigenvalue weighted by atomic mass is 15.4. The van der Waals surface area contributed by atoms with Crippen molar-refractivity contribution in [2.24, 2.45) is 0 Å². The Morgan fingerprint density at radius 1 is 1.47 bits per heavy atom. The Balaban J connectivity index is 2.21. The van der Waals surface area contributed by atoms with Crippen LogP contribution in [0.15, 0.2) is 0 Å². The van der Waals surface area contributed by atoms with Gasteiger partial charge in [-0.15, -0.1) is 0 Å². The molecule has 0 saturated heterocycles. The van der Waals surface area contributed by atoms with Gasteiger partial charge < -0.3 is 4.90 Å². The molecule has 0 aliphatic carbocycles.